The summed E-state index contributed by atoms with van der Waals surface area (Å²) in [5.41, 5.74) is 2.04. The number of carbonyl (C=O) groups is 1. The Morgan fingerprint density at radius 2 is 2.04 bits per heavy atom. The molecule has 0 aliphatic heterocycles. The van der Waals surface area contributed by atoms with Crippen LogP contribution in [-0.4, -0.2) is 24.8 Å². The number of carbonyl (C=O) groups excluding carboxylic acids is 1. The van der Waals surface area contributed by atoms with Crippen molar-refractivity contribution in [2.24, 2.45) is 0 Å². The zero-order valence-corrected chi connectivity index (χ0v) is 14.4. The Balaban J connectivity index is 1.55. The molecular formula is C20H24N2O3. The third-order valence-electron chi connectivity index (χ3n) is 4.68. The van der Waals surface area contributed by atoms with Gasteiger partial charge in [-0.2, -0.15) is 0 Å². The van der Waals surface area contributed by atoms with E-state index < -0.39 is 5.60 Å². The van der Waals surface area contributed by atoms with Crippen molar-refractivity contribution >= 4 is 6.03 Å². The number of amides is 2. The fourth-order valence-electron chi connectivity index (χ4n) is 3.34. The number of aryl methyl sites for hydroxylation is 1. The van der Waals surface area contributed by atoms with Crippen molar-refractivity contribution in [2.75, 3.05) is 13.7 Å². The van der Waals surface area contributed by atoms with Gasteiger partial charge in [0.2, 0.25) is 0 Å². The Hall–Kier alpha value is -2.53. The molecule has 1 atom stereocenters. The molecule has 1 unspecified atom stereocenters. The van der Waals surface area contributed by atoms with Gasteiger partial charge in [0.1, 0.15) is 11.4 Å². The summed E-state index contributed by atoms with van der Waals surface area (Å²) in [6, 6.07) is 15.2. The molecule has 0 saturated heterocycles. The maximum atomic E-state index is 12.1. The monoisotopic (exact) mass is 340 g/mol. The molecule has 1 aliphatic carbocycles. The zero-order chi connectivity index (χ0) is 17.7. The summed E-state index contributed by atoms with van der Waals surface area (Å²) in [5.74, 6) is 0.757. The van der Waals surface area contributed by atoms with E-state index in [4.69, 9.17) is 4.74 Å². The number of hydrogen-bond acceptors (Lipinski definition) is 3. The van der Waals surface area contributed by atoms with Gasteiger partial charge in [-0.25, -0.2) is 4.79 Å². The van der Waals surface area contributed by atoms with Crippen molar-refractivity contribution in [1.29, 1.82) is 0 Å². The minimum atomic E-state index is -0.998. The number of methoxy groups -OCH3 is 1. The molecule has 2 aromatic carbocycles. The molecule has 1 aliphatic rings. The van der Waals surface area contributed by atoms with Crippen LogP contribution in [0.4, 0.5) is 4.79 Å². The number of urea groups is 1. The van der Waals surface area contributed by atoms with Crippen LogP contribution in [0, 0.1) is 0 Å². The molecule has 2 amide bonds. The van der Waals surface area contributed by atoms with E-state index in [1.54, 1.807) is 7.11 Å². The van der Waals surface area contributed by atoms with Crippen molar-refractivity contribution in [3.05, 3.63) is 65.2 Å². The van der Waals surface area contributed by atoms with Gasteiger partial charge in [0.05, 0.1) is 13.7 Å². The van der Waals surface area contributed by atoms with E-state index in [0.29, 0.717) is 13.0 Å². The van der Waals surface area contributed by atoms with Gasteiger partial charge in [-0.05, 0) is 48.1 Å². The van der Waals surface area contributed by atoms with Gasteiger partial charge >= 0.3 is 6.03 Å². The molecule has 0 bridgehead atoms. The quantitative estimate of drug-likeness (QED) is 0.784. The van der Waals surface area contributed by atoms with Gasteiger partial charge in [0.25, 0.3) is 0 Å². The van der Waals surface area contributed by atoms with Crippen molar-refractivity contribution in [1.82, 2.24) is 10.6 Å². The van der Waals surface area contributed by atoms with Crippen molar-refractivity contribution in [3.8, 4) is 5.75 Å². The topological polar surface area (TPSA) is 70.6 Å². The highest BCUT2D eigenvalue weighted by Gasteiger charge is 2.34. The van der Waals surface area contributed by atoms with Gasteiger partial charge in [-0.3, -0.25) is 0 Å². The first-order valence-corrected chi connectivity index (χ1v) is 8.56. The fourth-order valence-corrected chi connectivity index (χ4v) is 3.34. The summed E-state index contributed by atoms with van der Waals surface area (Å²) in [5, 5.41) is 16.6. The summed E-state index contributed by atoms with van der Waals surface area (Å²) < 4.78 is 5.17. The van der Waals surface area contributed by atoms with Crippen molar-refractivity contribution < 1.29 is 14.6 Å². The second kappa shape index (κ2) is 7.57. The van der Waals surface area contributed by atoms with Crippen LogP contribution in [0.25, 0.3) is 0 Å². The summed E-state index contributed by atoms with van der Waals surface area (Å²) in [4.78, 5) is 12.1. The Morgan fingerprint density at radius 3 is 2.88 bits per heavy atom. The van der Waals surface area contributed by atoms with E-state index in [-0.39, 0.29) is 12.6 Å². The van der Waals surface area contributed by atoms with Crippen LogP contribution in [0.15, 0.2) is 48.5 Å². The van der Waals surface area contributed by atoms with E-state index in [2.05, 4.69) is 10.6 Å². The van der Waals surface area contributed by atoms with Crippen LogP contribution in [0.5, 0.6) is 5.75 Å². The molecule has 0 spiro atoms. The third kappa shape index (κ3) is 4.12. The SMILES string of the molecule is COc1cccc(CNC(=O)NCC2(O)CCCc3ccccc32)c1. The lowest BCUT2D eigenvalue weighted by atomic mass is 9.79. The number of hydrogen-bond donors (Lipinski definition) is 3. The lowest BCUT2D eigenvalue weighted by Gasteiger charge is -2.34. The highest BCUT2D eigenvalue weighted by Crippen LogP contribution is 2.34. The smallest absolute Gasteiger partial charge is 0.315 e. The Kier molecular flexibility index (Phi) is 5.24. The van der Waals surface area contributed by atoms with Gasteiger partial charge < -0.3 is 20.5 Å². The molecule has 0 aromatic heterocycles. The minimum absolute atomic E-state index is 0.202. The van der Waals surface area contributed by atoms with Crippen LogP contribution in [-0.2, 0) is 18.6 Å². The Bertz CT molecular complexity index is 747. The number of nitrogens with one attached hydrogen (secondary N) is 2. The molecule has 25 heavy (non-hydrogen) atoms. The van der Waals surface area contributed by atoms with E-state index in [0.717, 1.165) is 35.3 Å². The molecule has 132 valence electrons. The average Bonchev–Trinajstić information content (AvgIpc) is 2.65. The molecule has 0 radical (unpaired) electrons. The van der Waals surface area contributed by atoms with Gasteiger partial charge in [0, 0.05) is 6.54 Å². The number of ether oxygens (including phenoxy) is 1. The molecule has 2 aromatic rings. The highest BCUT2D eigenvalue weighted by atomic mass is 16.5. The predicted octanol–water partition coefficient (Wildman–Crippen LogP) is 2.72. The molecule has 0 saturated carbocycles. The van der Waals surface area contributed by atoms with E-state index >= 15 is 0 Å². The standard InChI is InChI=1S/C20H24N2O3/c1-25-17-9-4-6-15(12-17)13-21-19(23)22-14-20(24)11-5-8-16-7-2-3-10-18(16)20/h2-4,6-7,9-10,12,24H,5,8,11,13-14H2,1H3,(H2,21,22,23). The molecule has 5 nitrogen and oxygen atoms in total. The van der Waals surface area contributed by atoms with Crippen LogP contribution in [0.1, 0.15) is 29.5 Å². The number of benzene rings is 2. The lowest BCUT2D eigenvalue weighted by Crippen LogP contribution is -2.46. The summed E-state index contributed by atoms with van der Waals surface area (Å²) >= 11 is 0. The normalized spacial score (nSPS) is 19.0. The first-order valence-electron chi connectivity index (χ1n) is 8.56. The van der Waals surface area contributed by atoms with Gasteiger partial charge in [0.15, 0.2) is 0 Å². The van der Waals surface area contributed by atoms with Crippen LogP contribution in [0.2, 0.25) is 0 Å². The Labute approximate surface area is 148 Å². The van der Waals surface area contributed by atoms with E-state index in [1.165, 1.54) is 0 Å². The maximum Gasteiger partial charge on any atom is 0.315 e. The molecule has 5 heteroatoms. The minimum Gasteiger partial charge on any atom is -0.497 e. The number of rotatable bonds is 5. The largest absolute Gasteiger partial charge is 0.497 e. The highest BCUT2D eigenvalue weighted by molar-refractivity contribution is 5.74. The maximum absolute atomic E-state index is 12.1. The predicted molar refractivity (Wildman–Crippen MR) is 96.5 cm³/mol. The van der Waals surface area contributed by atoms with Crippen molar-refractivity contribution in [2.45, 2.75) is 31.4 Å². The third-order valence-corrected chi connectivity index (χ3v) is 4.68. The summed E-state index contributed by atoms with van der Waals surface area (Å²) in [6.45, 7) is 0.603. The second-order valence-corrected chi connectivity index (χ2v) is 6.43. The van der Waals surface area contributed by atoms with Crippen LogP contribution in [0.3, 0.4) is 0 Å². The fraction of sp³-hybridized carbons (Fsp3) is 0.350. The number of aliphatic hydroxyl groups is 1. The first-order chi connectivity index (χ1) is 12.1. The molecular weight excluding hydrogens is 316 g/mol. The van der Waals surface area contributed by atoms with Crippen LogP contribution < -0.4 is 15.4 Å². The average molecular weight is 340 g/mol. The second-order valence-electron chi connectivity index (χ2n) is 6.43. The molecule has 3 N–H and O–H groups in total. The lowest BCUT2D eigenvalue weighted by molar-refractivity contribution is 0.0217. The summed E-state index contributed by atoms with van der Waals surface area (Å²) in [7, 11) is 1.61. The molecule has 0 fully saturated rings. The Morgan fingerprint density at radius 1 is 1.20 bits per heavy atom. The number of fused-ring (bicyclic) bond motifs is 1. The van der Waals surface area contributed by atoms with Crippen molar-refractivity contribution in [3.63, 3.8) is 0 Å². The molecule has 0 heterocycles. The van der Waals surface area contributed by atoms with Gasteiger partial charge in [-0.1, -0.05) is 36.4 Å². The van der Waals surface area contributed by atoms with E-state index in [9.17, 15) is 9.90 Å². The zero-order valence-electron chi connectivity index (χ0n) is 14.4. The molecule has 3 rings (SSSR count). The van der Waals surface area contributed by atoms with Crippen LogP contribution >= 0.6 is 0 Å². The summed E-state index contributed by atoms with van der Waals surface area (Å²) in [6.07, 6.45) is 2.54. The first kappa shape index (κ1) is 17.3. The van der Waals surface area contributed by atoms with Gasteiger partial charge in [-0.15, -0.1) is 0 Å². The van der Waals surface area contributed by atoms with E-state index in [1.807, 2.05) is 48.5 Å².